The van der Waals surface area contributed by atoms with Gasteiger partial charge in [0.2, 0.25) is 0 Å². The van der Waals surface area contributed by atoms with Crippen molar-refractivity contribution in [3.63, 3.8) is 0 Å². The Morgan fingerprint density at radius 3 is 2.83 bits per heavy atom. The van der Waals surface area contributed by atoms with Gasteiger partial charge in [0.1, 0.15) is 11.5 Å². The van der Waals surface area contributed by atoms with E-state index in [9.17, 15) is 0 Å². The van der Waals surface area contributed by atoms with Crippen LogP contribution in [-0.2, 0) is 0 Å². The Morgan fingerprint density at radius 2 is 2.22 bits per heavy atom. The maximum atomic E-state index is 6.23. The maximum absolute atomic E-state index is 6.23. The summed E-state index contributed by atoms with van der Waals surface area (Å²) in [4.78, 5) is 6.71. The molecule has 94 valence electrons. The van der Waals surface area contributed by atoms with Crippen molar-refractivity contribution < 1.29 is 4.42 Å². The molecule has 0 aromatic carbocycles. The summed E-state index contributed by atoms with van der Waals surface area (Å²) in [5, 5.41) is 0. The Morgan fingerprint density at radius 1 is 1.44 bits per heavy atom. The minimum atomic E-state index is 0.321. The van der Waals surface area contributed by atoms with Gasteiger partial charge in [-0.2, -0.15) is 0 Å². The Labute approximate surface area is 109 Å². The Balaban J connectivity index is 2.34. The molecule has 0 saturated carbocycles. The first-order chi connectivity index (χ1) is 8.59. The van der Waals surface area contributed by atoms with Gasteiger partial charge in [-0.1, -0.05) is 13.8 Å². The van der Waals surface area contributed by atoms with Crippen LogP contribution < -0.4 is 5.73 Å². The van der Waals surface area contributed by atoms with Crippen LogP contribution in [0.2, 0.25) is 0 Å². The summed E-state index contributed by atoms with van der Waals surface area (Å²) >= 11 is 1.64. The molecule has 0 amide bonds. The number of nitrogen functional groups attached to an aromatic ring is 1. The Kier molecular flexibility index (Phi) is 2.45. The second-order valence-electron chi connectivity index (χ2n) is 4.64. The highest BCUT2D eigenvalue weighted by atomic mass is 32.1. The standard InChI is InChI=1S/C13H15N3OS/c1-7(2)10-12(14)16-11(9-5-4-6-17-9)8(3)18-13(16)15-10/h4-7H,14H2,1-3H3. The molecule has 0 saturated heterocycles. The summed E-state index contributed by atoms with van der Waals surface area (Å²) in [6, 6.07) is 3.83. The van der Waals surface area contributed by atoms with Gasteiger partial charge in [-0.25, -0.2) is 4.98 Å². The van der Waals surface area contributed by atoms with Crippen LogP contribution in [0.5, 0.6) is 0 Å². The van der Waals surface area contributed by atoms with Gasteiger partial charge in [0, 0.05) is 4.88 Å². The van der Waals surface area contributed by atoms with Crippen molar-refractivity contribution in [1.29, 1.82) is 0 Å². The molecule has 0 radical (unpaired) electrons. The van der Waals surface area contributed by atoms with Gasteiger partial charge >= 0.3 is 0 Å². The Hall–Kier alpha value is -1.75. The predicted molar refractivity (Wildman–Crippen MR) is 74.0 cm³/mol. The molecule has 0 spiro atoms. The maximum Gasteiger partial charge on any atom is 0.196 e. The van der Waals surface area contributed by atoms with E-state index < -0.39 is 0 Å². The summed E-state index contributed by atoms with van der Waals surface area (Å²) in [5.74, 6) is 1.87. The number of anilines is 1. The number of rotatable bonds is 2. The molecule has 5 heteroatoms. The SMILES string of the molecule is Cc1sc2nc(C(C)C)c(N)n2c1-c1ccco1. The molecule has 0 aliphatic heterocycles. The first kappa shape index (κ1) is 11.3. The first-order valence-corrected chi connectivity index (χ1v) is 6.72. The molecule has 3 heterocycles. The molecule has 0 unspecified atom stereocenters. The number of fused-ring (bicyclic) bond motifs is 1. The van der Waals surface area contributed by atoms with Crippen LogP contribution in [0.4, 0.5) is 5.82 Å². The summed E-state index contributed by atoms with van der Waals surface area (Å²) < 4.78 is 7.49. The van der Waals surface area contributed by atoms with Crippen LogP contribution in [0.25, 0.3) is 16.4 Å². The lowest BCUT2D eigenvalue weighted by Crippen LogP contribution is -1.99. The van der Waals surface area contributed by atoms with Gasteiger partial charge in [-0.05, 0) is 25.0 Å². The molecule has 0 bridgehead atoms. The van der Waals surface area contributed by atoms with Gasteiger partial charge < -0.3 is 10.2 Å². The van der Waals surface area contributed by atoms with Crippen molar-refractivity contribution in [3.05, 3.63) is 29.0 Å². The average molecular weight is 261 g/mol. The van der Waals surface area contributed by atoms with E-state index in [0.717, 1.165) is 32.8 Å². The van der Waals surface area contributed by atoms with E-state index in [1.54, 1.807) is 17.6 Å². The molecule has 2 N–H and O–H groups in total. The lowest BCUT2D eigenvalue weighted by atomic mass is 10.1. The molecule has 3 aromatic heterocycles. The molecule has 18 heavy (non-hydrogen) atoms. The fourth-order valence-electron chi connectivity index (χ4n) is 2.18. The fourth-order valence-corrected chi connectivity index (χ4v) is 3.16. The van der Waals surface area contributed by atoms with Crippen molar-refractivity contribution in [2.24, 2.45) is 0 Å². The Bertz CT molecular complexity index is 692. The van der Waals surface area contributed by atoms with Crippen molar-refractivity contribution >= 4 is 22.1 Å². The second kappa shape index (κ2) is 3.88. The van der Waals surface area contributed by atoms with Crippen molar-refractivity contribution in [1.82, 2.24) is 9.38 Å². The molecule has 3 rings (SSSR count). The highest BCUT2D eigenvalue weighted by molar-refractivity contribution is 7.17. The van der Waals surface area contributed by atoms with Crippen LogP contribution in [0.1, 0.15) is 30.3 Å². The molecular weight excluding hydrogens is 246 g/mol. The zero-order chi connectivity index (χ0) is 12.9. The smallest absolute Gasteiger partial charge is 0.196 e. The first-order valence-electron chi connectivity index (χ1n) is 5.90. The molecule has 0 atom stereocenters. The summed E-state index contributed by atoms with van der Waals surface area (Å²) in [7, 11) is 0. The normalized spacial score (nSPS) is 11.8. The number of hydrogen-bond acceptors (Lipinski definition) is 4. The van der Waals surface area contributed by atoms with Gasteiger partial charge in [0.25, 0.3) is 0 Å². The van der Waals surface area contributed by atoms with Crippen molar-refractivity contribution in [2.75, 3.05) is 5.73 Å². The van der Waals surface area contributed by atoms with Gasteiger partial charge in [0.05, 0.1) is 12.0 Å². The molecule has 3 aromatic rings. The van der Waals surface area contributed by atoms with E-state index in [0.29, 0.717) is 5.92 Å². The minimum Gasteiger partial charge on any atom is -0.463 e. The van der Waals surface area contributed by atoms with Crippen LogP contribution in [0, 0.1) is 6.92 Å². The van der Waals surface area contributed by atoms with Gasteiger partial charge in [-0.15, -0.1) is 11.3 Å². The summed E-state index contributed by atoms with van der Waals surface area (Å²) in [5.41, 5.74) is 8.19. The molecule has 4 nitrogen and oxygen atoms in total. The van der Waals surface area contributed by atoms with Crippen LogP contribution in [0.15, 0.2) is 22.8 Å². The van der Waals surface area contributed by atoms with Crippen molar-refractivity contribution in [2.45, 2.75) is 26.7 Å². The molecule has 0 aliphatic carbocycles. The third-order valence-corrected chi connectivity index (χ3v) is 3.97. The topological polar surface area (TPSA) is 56.5 Å². The highest BCUT2D eigenvalue weighted by Gasteiger charge is 2.20. The minimum absolute atomic E-state index is 0.321. The van der Waals surface area contributed by atoms with E-state index in [-0.39, 0.29) is 0 Å². The second-order valence-corrected chi connectivity index (χ2v) is 5.82. The molecule has 0 fully saturated rings. The fraction of sp³-hybridized carbons (Fsp3) is 0.308. The van der Waals surface area contributed by atoms with Gasteiger partial charge in [-0.3, -0.25) is 4.40 Å². The number of aromatic nitrogens is 2. The average Bonchev–Trinajstić information content (AvgIpc) is 2.96. The van der Waals surface area contributed by atoms with E-state index in [1.165, 1.54) is 0 Å². The quantitative estimate of drug-likeness (QED) is 0.765. The number of hydrogen-bond donors (Lipinski definition) is 1. The van der Waals surface area contributed by atoms with E-state index in [4.69, 9.17) is 10.2 Å². The number of imidazole rings is 1. The zero-order valence-electron chi connectivity index (χ0n) is 10.6. The lowest BCUT2D eigenvalue weighted by Gasteiger charge is -2.03. The number of thiazole rings is 1. The number of nitrogens with two attached hydrogens (primary N) is 1. The molecular formula is C13H15N3OS. The third-order valence-electron chi connectivity index (χ3n) is 3.01. The number of aryl methyl sites for hydroxylation is 1. The monoisotopic (exact) mass is 261 g/mol. The zero-order valence-corrected chi connectivity index (χ0v) is 11.4. The number of nitrogens with zero attached hydrogens (tertiary/aromatic N) is 2. The van der Waals surface area contributed by atoms with E-state index in [2.05, 4.69) is 25.8 Å². The molecule has 0 aliphatic rings. The van der Waals surface area contributed by atoms with Crippen molar-refractivity contribution in [3.8, 4) is 11.5 Å². The van der Waals surface area contributed by atoms with Crippen LogP contribution in [-0.4, -0.2) is 9.38 Å². The van der Waals surface area contributed by atoms with E-state index >= 15 is 0 Å². The largest absolute Gasteiger partial charge is 0.463 e. The van der Waals surface area contributed by atoms with E-state index in [1.807, 2.05) is 16.5 Å². The van der Waals surface area contributed by atoms with Crippen LogP contribution >= 0.6 is 11.3 Å². The van der Waals surface area contributed by atoms with Crippen LogP contribution in [0.3, 0.4) is 0 Å². The van der Waals surface area contributed by atoms with Gasteiger partial charge in [0.15, 0.2) is 10.7 Å². The third kappa shape index (κ3) is 1.47. The number of furan rings is 1. The lowest BCUT2D eigenvalue weighted by molar-refractivity contribution is 0.579. The predicted octanol–water partition coefficient (Wildman–Crippen LogP) is 3.67. The summed E-state index contributed by atoms with van der Waals surface area (Å²) in [6.07, 6.45) is 1.68. The summed E-state index contributed by atoms with van der Waals surface area (Å²) in [6.45, 7) is 6.26. The highest BCUT2D eigenvalue weighted by Crippen LogP contribution is 2.36.